The molecule has 24 heavy (non-hydrogen) atoms. The highest BCUT2D eigenvalue weighted by Gasteiger charge is 2.43. The van der Waals surface area contributed by atoms with E-state index in [-0.39, 0.29) is 0 Å². The predicted octanol–water partition coefficient (Wildman–Crippen LogP) is 3.66. The molecule has 2 aromatic carbocycles. The molecular weight excluding hydrogens is 332 g/mol. The molecule has 3 rings (SSSR count). The fourth-order valence-corrected chi connectivity index (χ4v) is 3.12. The summed E-state index contributed by atoms with van der Waals surface area (Å²) in [7, 11) is 2.56. The minimum Gasteiger partial charge on any atom is -0.469 e. The second-order valence-electron chi connectivity index (χ2n) is 5.32. The molecule has 0 aromatic heterocycles. The SMILES string of the molecule is COC(=O)[C@@H]1c2ccccc2Oc2ccc(Cl)cc2[C@H]1C(=O)OC. The van der Waals surface area contributed by atoms with Crippen LogP contribution in [0.15, 0.2) is 42.5 Å². The Morgan fingerprint density at radius 2 is 1.50 bits per heavy atom. The smallest absolute Gasteiger partial charge is 0.314 e. The van der Waals surface area contributed by atoms with E-state index < -0.39 is 23.8 Å². The van der Waals surface area contributed by atoms with Gasteiger partial charge in [0.2, 0.25) is 0 Å². The van der Waals surface area contributed by atoms with Crippen molar-refractivity contribution in [1.82, 2.24) is 0 Å². The van der Waals surface area contributed by atoms with Crippen molar-refractivity contribution < 1.29 is 23.8 Å². The van der Waals surface area contributed by atoms with Crippen LogP contribution in [-0.4, -0.2) is 26.2 Å². The maximum Gasteiger partial charge on any atom is 0.314 e. The zero-order valence-corrected chi connectivity index (χ0v) is 13.9. The molecule has 5 nitrogen and oxygen atoms in total. The number of rotatable bonds is 2. The van der Waals surface area contributed by atoms with Gasteiger partial charge in [0.15, 0.2) is 0 Å². The number of esters is 2. The van der Waals surface area contributed by atoms with Gasteiger partial charge in [-0.05, 0) is 24.3 Å². The normalized spacial score (nSPS) is 18.5. The Bertz CT molecular complexity index is 802. The van der Waals surface area contributed by atoms with Crippen LogP contribution in [0.1, 0.15) is 23.0 Å². The Kier molecular flexibility index (Phi) is 4.44. The van der Waals surface area contributed by atoms with Gasteiger partial charge >= 0.3 is 11.9 Å². The zero-order chi connectivity index (χ0) is 17.3. The maximum absolute atomic E-state index is 12.5. The van der Waals surface area contributed by atoms with E-state index in [1.807, 2.05) is 0 Å². The summed E-state index contributed by atoms with van der Waals surface area (Å²) in [5.41, 5.74) is 1.05. The predicted molar refractivity (Wildman–Crippen MR) is 87.5 cm³/mol. The lowest BCUT2D eigenvalue weighted by atomic mass is 9.81. The van der Waals surface area contributed by atoms with E-state index in [4.69, 9.17) is 25.8 Å². The highest BCUT2D eigenvalue weighted by molar-refractivity contribution is 6.30. The number of carbonyl (C=O) groups excluding carboxylic acids is 2. The molecule has 0 saturated carbocycles. The van der Waals surface area contributed by atoms with Gasteiger partial charge in [0, 0.05) is 16.1 Å². The van der Waals surface area contributed by atoms with E-state index in [1.54, 1.807) is 42.5 Å². The first kappa shape index (κ1) is 16.3. The lowest BCUT2D eigenvalue weighted by Crippen LogP contribution is -2.27. The van der Waals surface area contributed by atoms with Gasteiger partial charge in [-0.25, -0.2) is 0 Å². The summed E-state index contributed by atoms with van der Waals surface area (Å²) in [5, 5.41) is 0.431. The van der Waals surface area contributed by atoms with E-state index in [9.17, 15) is 9.59 Å². The summed E-state index contributed by atoms with van der Waals surface area (Å²) < 4.78 is 15.8. The summed E-state index contributed by atoms with van der Waals surface area (Å²) >= 11 is 6.09. The highest BCUT2D eigenvalue weighted by Crippen LogP contribution is 2.47. The molecule has 0 amide bonds. The van der Waals surface area contributed by atoms with Crippen molar-refractivity contribution in [2.24, 2.45) is 0 Å². The Balaban J connectivity index is 2.30. The molecule has 0 spiro atoms. The first-order chi connectivity index (χ1) is 11.6. The molecule has 2 atom stereocenters. The van der Waals surface area contributed by atoms with Crippen LogP contribution in [0.2, 0.25) is 5.02 Å². The largest absolute Gasteiger partial charge is 0.469 e. The van der Waals surface area contributed by atoms with Crippen LogP contribution in [0.25, 0.3) is 0 Å². The molecule has 0 aliphatic carbocycles. The van der Waals surface area contributed by atoms with Crippen LogP contribution < -0.4 is 4.74 Å². The van der Waals surface area contributed by atoms with Crippen molar-refractivity contribution in [3.8, 4) is 11.5 Å². The lowest BCUT2D eigenvalue weighted by Gasteiger charge is -2.22. The van der Waals surface area contributed by atoms with Crippen molar-refractivity contribution in [3.63, 3.8) is 0 Å². The van der Waals surface area contributed by atoms with Crippen LogP contribution in [-0.2, 0) is 19.1 Å². The molecular formula is C18H15ClO5. The standard InChI is InChI=1S/C18H15ClO5/c1-22-17(20)15-11-5-3-4-6-13(11)24-14-8-7-10(19)9-12(14)16(15)18(21)23-2/h3-9,15-16H,1-2H3/t15-,16-/m1/s1. The van der Waals surface area contributed by atoms with Gasteiger partial charge in [-0.1, -0.05) is 29.8 Å². The number of fused-ring (bicyclic) bond motifs is 2. The third-order valence-corrected chi connectivity index (χ3v) is 4.26. The summed E-state index contributed by atoms with van der Waals surface area (Å²) in [5.74, 6) is -1.97. The quantitative estimate of drug-likeness (QED) is 0.776. The summed E-state index contributed by atoms with van der Waals surface area (Å²) in [6, 6.07) is 12.0. The van der Waals surface area contributed by atoms with Gasteiger partial charge in [0.25, 0.3) is 0 Å². The molecule has 0 bridgehead atoms. The van der Waals surface area contributed by atoms with Crippen molar-refractivity contribution in [2.75, 3.05) is 14.2 Å². The molecule has 2 aromatic rings. The molecule has 1 heterocycles. The number of benzene rings is 2. The van der Waals surface area contributed by atoms with Crippen LogP contribution in [0.5, 0.6) is 11.5 Å². The van der Waals surface area contributed by atoms with Gasteiger partial charge in [0.1, 0.15) is 23.3 Å². The van der Waals surface area contributed by atoms with Gasteiger partial charge in [-0.15, -0.1) is 0 Å². The van der Waals surface area contributed by atoms with Gasteiger partial charge in [-0.2, -0.15) is 0 Å². The topological polar surface area (TPSA) is 61.8 Å². The molecule has 0 fully saturated rings. The van der Waals surface area contributed by atoms with E-state index >= 15 is 0 Å². The molecule has 6 heteroatoms. The lowest BCUT2D eigenvalue weighted by molar-refractivity contribution is -0.150. The van der Waals surface area contributed by atoms with Crippen LogP contribution >= 0.6 is 11.6 Å². The Morgan fingerprint density at radius 1 is 0.917 bits per heavy atom. The van der Waals surface area contributed by atoms with Crippen LogP contribution in [0.4, 0.5) is 0 Å². The molecule has 0 radical (unpaired) electrons. The number of ether oxygens (including phenoxy) is 3. The third kappa shape index (κ3) is 2.71. The minimum atomic E-state index is -0.917. The van der Waals surface area contributed by atoms with Gasteiger partial charge in [-0.3, -0.25) is 9.59 Å². The second kappa shape index (κ2) is 6.53. The Morgan fingerprint density at radius 3 is 2.17 bits per heavy atom. The highest BCUT2D eigenvalue weighted by atomic mass is 35.5. The molecule has 0 saturated heterocycles. The number of hydrogen-bond donors (Lipinski definition) is 0. The molecule has 0 unspecified atom stereocenters. The first-order valence-corrected chi connectivity index (χ1v) is 7.66. The molecule has 1 aliphatic rings. The second-order valence-corrected chi connectivity index (χ2v) is 5.76. The molecule has 0 N–H and O–H groups in total. The van der Waals surface area contributed by atoms with Crippen molar-refractivity contribution >= 4 is 23.5 Å². The number of hydrogen-bond acceptors (Lipinski definition) is 5. The summed E-state index contributed by atoms with van der Waals surface area (Å²) in [4.78, 5) is 25.0. The fraction of sp³-hybridized carbons (Fsp3) is 0.222. The number of para-hydroxylation sites is 1. The summed E-state index contributed by atoms with van der Waals surface area (Å²) in [6.07, 6.45) is 0. The van der Waals surface area contributed by atoms with E-state index in [1.165, 1.54) is 14.2 Å². The first-order valence-electron chi connectivity index (χ1n) is 7.28. The zero-order valence-electron chi connectivity index (χ0n) is 13.1. The monoisotopic (exact) mass is 346 g/mol. The van der Waals surface area contributed by atoms with E-state index in [2.05, 4.69) is 0 Å². The fourth-order valence-electron chi connectivity index (χ4n) is 2.94. The van der Waals surface area contributed by atoms with Crippen molar-refractivity contribution in [3.05, 3.63) is 58.6 Å². The number of carbonyl (C=O) groups is 2. The van der Waals surface area contributed by atoms with Gasteiger partial charge in [0.05, 0.1) is 14.2 Å². The van der Waals surface area contributed by atoms with Crippen molar-refractivity contribution in [1.29, 1.82) is 0 Å². The average molecular weight is 347 g/mol. The van der Waals surface area contributed by atoms with Crippen LogP contribution in [0, 0.1) is 0 Å². The molecule has 124 valence electrons. The van der Waals surface area contributed by atoms with E-state index in [0.717, 1.165) is 0 Å². The average Bonchev–Trinajstić information content (AvgIpc) is 2.74. The maximum atomic E-state index is 12.5. The van der Waals surface area contributed by atoms with Crippen molar-refractivity contribution in [2.45, 2.75) is 11.8 Å². The Labute approximate surface area is 144 Å². The third-order valence-electron chi connectivity index (χ3n) is 4.02. The Hall–Kier alpha value is -2.53. The minimum absolute atomic E-state index is 0.431. The summed E-state index contributed by atoms with van der Waals surface area (Å²) in [6.45, 7) is 0. The van der Waals surface area contributed by atoms with Crippen LogP contribution in [0.3, 0.4) is 0 Å². The number of halogens is 1. The number of methoxy groups -OCH3 is 2. The molecule has 1 aliphatic heterocycles. The van der Waals surface area contributed by atoms with Gasteiger partial charge < -0.3 is 14.2 Å². The van der Waals surface area contributed by atoms with E-state index in [0.29, 0.717) is 27.6 Å².